The Morgan fingerprint density at radius 2 is 1.87 bits per heavy atom. The van der Waals surface area contributed by atoms with Crippen molar-refractivity contribution in [3.63, 3.8) is 0 Å². The van der Waals surface area contributed by atoms with E-state index < -0.39 is 31.2 Å². The summed E-state index contributed by atoms with van der Waals surface area (Å²) in [5.41, 5.74) is 1.64. The van der Waals surface area contributed by atoms with Crippen LogP contribution in [0.2, 0.25) is 5.02 Å². The Kier molecular flexibility index (Phi) is 6.31. The highest BCUT2D eigenvalue weighted by molar-refractivity contribution is 7.93. The lowest BCUT2D eigenvalue weighted by atomic mass is 10.1. The van der Waals surface area contributed by atoms with Gasteiger partial charge in [-0.25, -0.2) is 17.8 Å². The topological polar surface area (TPSA) is 76.1 Å². The molecule has 3 aromatic rings. The SMILES string of the molecule is CCc1sc(NC(=O)C(C)(C)S(=O)(=O)c2ccc(Cl)cc2F)nc1-c1ccccc1. The number of aryl methyl sites for hydroxylation is 1. The number of anilines is 1. The highest BCUT2D eigenvalue weighted by Crippen LogP contribution is 2.34. The number of halogens is 2. The van der Waals surface area contributed by atoms with Crippen molar-refractivity contribution in [3.8, 4) is 11.3 Å². The molecule has 0 atom stereocenters. The smallest absolute Gasteiger partial charge is 0.247 e. The molecule has 0 aliphatic rings. The van der Waals surface area contributed by atoms with Crippen LogP contribution in [-0.2, 0) is 21.1 Å². The number of thiazole rings is 1. The van der Waals surface area contributed by atoms with Crippen LogP contribution in [0.25, 0.3) is 11.3 Å². The Labute approximate surface area is 183 Å². The molecule has 0 aliphatic carbocycles. The fraction of sp³-hybridized carbons (Fsp3) is 0.238. The lowest BCUT2D eigenvalue weighted by molar-refractivity contribution is -0.117. The van der Waals surface area contributed by atoms with Gasteiger partial charge >= 0.3 is 0 Å². The second kappa shape index (κ2) is 8.45. The molecule has 0 aliphatic heterocycles. The zero-order valence-electron chi connectivity index (χ0n) is 16.6. The fourth-order valence-electron chi connectivity index (χ4n) is 2.80. The lowest BCUT2D eigenvalue weighted by Gasteiger charge is -2.23. The summed E-state index contributed by atoms with van der Waals surface area (Å²) < 4.78 is 38.3. The summed E-state index contributed by atoms with van der Waals surface area (Å²) >= 11 is 6.99. The van der Waals surface area contributed by atoms with Gasteiger partial charge in [0.2, 0.25) is 5.91 Å². The maximum atomic E-state index is 14.3. The molecule has 5 nitrogen and oxygen atoms in total. The van der Waals surface area contributed by atoms with Crippen LogP contribution in [0.1, 0.15) is 25.6 Å². The van der Waals surface area contributed by atoms with Gasteiger partial charge in [-0.1, -0.05) is 48.9 Å². The first kappa shape index (κ1) is 22.4. The zero-order valence-corrected chi connectivity index (χ0v) is 19.0. The summed E-state index contributed by atoms with van der Waals surface area (Å²) in [6.07, 6.45) is 0.704. The molecular weight excluding hydrogens is 447 g/mol. The summed E-state index contributed by atoms with van der Waals surface area (Å²) in [6, 6.07) is 12.7. The van der Waals surface area contributed by atoms with Crippen molar-refractivity contribution in [2.45, 2.75) is 36.8 Å². The first-order valence-electron chi connectivity index (χ1n) is 9.14. The molecule has 30 heavy (non-hydrogen) atoms. The standard InChI is InChI=1S/C21H20ClFN2O3S2/c1-4-16-18(13-8-6-5-7-9-13)24-20(29-16)25-19(26)21(2,3)30(27,28)17-11-10-14(22)12-15(17)23/h5-12H,4H2,1-3H3,(H,24,25,26). The van der Waals surface area contributed by atoms with Gasteiger partial charge in [0.1, 0.15) is 15.5 Å². The van der Waals surface area contributed by atoms with Gasteiger partial charge in [-0.3, -0.25) is 4.79 Å². The van der Waals surface area contributed by atoms with Crippen molar-refractivity contribution in [2.24, 2.45) is 0 Å². The summed E-state index contributed by atoms with van der Waals surface area (Å²) in [6.45, 7) is 4.44. The van der Waals surface area contributed by atoms with E-state index in [0.717, 1.165) is 28.3 Å². The quantitative estimate of drug-likeness (QED) is 0.530. The van der Waals surface area contributed by atoms with Crippen molar-refractivity contribution in [3.05, 3.63) is 64.2 Å². The third kappa shape index (κ3) is 4.12. The minimum atomic E-state index is -4.34. The molecule has 1 heterocycles. The van der Waals surface area contributed by atoms with Crippen LogP contribution in [0.15, 0.2) is 53.4 Å². The number of nitrogens with one attached hydrogen (secondary N) is 1. The van der Waals surface area contributed by atoms with Gasteiger partial charge in [0.15, 0.2) is 15.0 Å². The van der Waals surface area contributed by atoms with Gasteiger partial charge in [-0.2, -0.15) is 0 Å². The normalized spacial score (nSPS) is 12.0. The van der Waals surface area contributed by atoms with Crippen molar-refractivity contribution in [2.75, 3.05) is 5.32 Å². The van der Waals surface area contributed by atoms with Crippen molar-refractivity contribution in [1.29, 1.82) is 0 Å². The second-order valence-electron chi connectivity index (χ2n) is 7.05. The predicted molar refractivity (Wildman–Crippen MR) is 118 cm³/mol. The van der Waals surface area contributed by atoms with E-state index in [4.69, 9.17) is 11.6 Å². The average molecular weight is 467 g/mol. The van der Waals surface area contributed by atoms with Gasteiger partial charge in [0.05, 0.1) is 5.69 Å². The molecule has 0 radical (unpaired) electrons. The first-order chi connectivity index (χ1) is 14.1. The third-order valence-corrected chi connectivity index (χ3v) is 8.48. The summed E-state index contributed by atoms with van der Waals surface area (Å²) in [5, 5.41) is 2.95. The van der Waals surface area contributed by atoms with Crippen molar-refractivity contribution < 1.29 is 17.6 Å². The van der Waals surface area contributed by atoms with E-state index in [9.17, 15) is 17.6 Å². The molecule has 0 bridgehead atoms. The molecule has 9 heteroatoms. The monoisotopic (exact) mass is 466 g/mol. The highest BCUT2D eigenvalue weighted by Gasteiger charge is 2.44. The van der Waals surface area contributed by atoms with Crippen LogP contribution < -0.4 is 5.32 Å². The number of hydrogen-bond acceptors (Lipinski definition) is 5. The number of sulfone groups is 1. The molecule has 0 spiro atoms. The number of rotatable bonds is 6. The summed E-state index contributed by atoms with van der Waals surface area (Å²) in [5.74, 6) is -1.80. The number of aromatic nitrogens is 1. The number of nitrogens with zero attached hydrogens (tertiary/aromatic N) is 1. The number of benzene rings is 2. The molecule has 1 amide bonds. The minimum Gasteiger partial charge on any atom is -0.301 e. The molecule has 1 aromatic heterocycles. The predicted octanol–water partition coefficient (Wildman–Crippen LogP) is 5.36. The fourth-order valence-corrected chi connectivity index (χ4v) is 5.29. The maximum Gasteiger partial charge on any atom is 0.247 e. The molecular formula is C21H20ClFN2O3S2. The molecule has 1 N–H and O–H groups in total. The molecule has 3 rings (SSSR count). The largest absolute Gasteiger partial charge is 0.301 e. The summed E-state index contributed by atoms with van der Waals surface area (Å²) in [4.78, 5) is 17.8. The molecule has 0 saturated heterocycles. The maximum absolute atomic E-state index is 14.3. The van der Waals surface area contributed by atoms with E-state index >= 15 is 0 Å². The van der Waals surface area contributed by atoms with E-state index in [2.05, 4.69) is 10.3 Å². The van der Waals surface area contributed by atoms with E-state index in [0.29, 0.717) is 6.42 Å². The highest BCUT2D eigenvalue weighted by atomic mass is 35.5. The van der Waals surface area contributed by atoms with Crippen molar-refractivity contribution >= 4 is 43.8 Å². The lowest BCUT2D eigenvalue weighted by Crippen LogP contribution is -2.44. The molecule has 0 unspecified atom stereocenters. The van der Waals surface area contributed by atoms with Gasteiger partial charge < -0.3 is 5.32 Å². The van der Waals surface area contributed by atoms with Gasteiger partial charge in [0, 0.05) is 15.5 Å². The Morgan fingerprint density at radius 3 is 2.47 bits per heavy atom. The minimum absolute atomic E-state index is 0.0667. The Hall–Kier alpha value is -2.29. The van der Waals surface area contributed by atoms with Crippen LogP contribution in [-0.4, -0.2) is 24.1 Å². The van der Waals surface area contributed by atoms with E-state index in [1.54, 1.807) is 0 Å². The number of carbonyl (C=O) groups is 1. The average Bonchev–Trinajstić information content (AvgIpc) is 3.11. The number of hydrogen-bond donors (Lipinski definition) is 1. The van der Waals surface area contributed by atoms with Crippen LogP contribution >= 0.6 is 22.9 Å². The Morgan fingerprint density at radius 1 is 1.20 bits per heavy atom. The third-order valence-electron chi connectivity index (χ3n) is 4.69. The second-order valence-corrected chi connectivity index (χ2v) is 11.0. The van der Waals surface area contributed by atoms with Crippen LogP contribution in [0.5, 0.6) is 0 Å². The number of amides is 1. The van der Waals surface area contributed by atoms with Gasteiger partial charge in [0.25, 0.3) is 0 Å². The van der Waals surface area contributed by atoms with Crippen LogP contribution in [0.4, 0.5) is 9.52 Å². The van der Waals surface area contributed by atoms with E-state index in [-0.39, 0.29) is 10.2 Å². The van der Waals surface area contributed by atoms with E-state index in [1.807, 2.05) is 37.3 Å². The molecule has 0 fully saturated rings. The first-order valence-corrected chi connectivity index (χ1v) is 11.8. The Bertz CT molecular complexity index is 1190. The van der Waals surface area contributed by atoms with Gasteiger partial charge in [-0.15, -0.1) is 11.3 Å². The zero-order chi connectivity index (χ0) is 22.1. The van der Waals surface area contributed by atoms with Gasteiger partial charge in [-0.05, 0) is 38.5 Å². The van der Waals surface area contributed by atoms with Crippen LogP contribution in [0.3, 0.4) is 0 Å². The van der Waals surface area contributed by atoms with E-state index in [1.165, 1.54) is 31.3 Å². The van der Waals surface area contributed by atoms with Crippen molar-refractivity contribution in [1.82, 2.24) is 4.98 Å². The molecule has 158 valence electrons. The van der Waals surface area contributed by atoms with Crippen LogP contribution in [0, 0.1) is 5.82 Å². The Balaban J connectivity index is 1.92. The molecule has 0 saturated carbocycles. The number of carbonyl (C=O) groups excluding carboxylic acids is 1. The summed E-state index contributed by atoms with van der Waals surface area (Å²) in [7, 11) is -4.34. The molecule has 2 aromatic carbocycles.